The molecule has 3 aromatic rings. The quantitative estimate of drug-likeness (QED) is 0.609. The minimum absolute atomic E-state index is 0.0936. The van der Waals surface area contributed by atoms with Crippen LogP contribution < -0.4 is 9.64 Å². The number of hydrogen-bond acceptors (Lipinski definition) is 3. The molecule has 1 heterocycles. The Morgan fingerprint density at radius 2 is 1.37 bits per heavy atom. The van der Waals surface area contributed by atoms with Crippen LogP contribution in [0.1, 0.15) is 35.1 Å². The maximum atomic E-state index is 13.8. The average Bonchev–Trinajstić information content (AvgIpc) is 3.06. The monoisotopic (exact) mass is 395 g/mol. The van der Waals surface area contributed by atoms with Crippen LogP contribution in [0.15, 0.2) is 72.8 Å². The Kier molecular flexibility index (Phi) is 3.39. The molecule has 0 radical (unpaired) electrons. The van der Waals surface area contributed by atoms with Gasteiger partial charge in [-0.25, -0.2) is 4.90 Å². The zero-order valence-corrected chi connectivity index (χ0v) is 16.8. The number of anilines is 1. The molecule has 4 nitrogen and oxygen atoms in total. The Balaban J connectivity index is 1.57. The summed E-state index contributed by atoms with van der Waals surface area (Å²) in [5, 5.41) is 0. The molecule has 1 aliphatic heterocycles. The van der Waals surface area contributed by atoms with Crippen molar-refractivity contribution in [2.75, 3.05) is 12.0 Å². The van der Waals surface area contributed by atoms with Crippen LogP contribution in [-0.2, 0) is 15.0 Å². The van der Waals surface area contributed by atoms with Gasteiger partial charge in [0.05, 0.1) is 24.6 Å². The predicted molar refractivity (Wildman–Crippen MR) is 114 cm³/mol. The average molecular weight is 395 g/mol. The van der Waals surface area contributed by atoms with Crippen molar-refractivity contribution in [1.29, 1.82) is 0 Å². The van der Waals surface area contributed by atoms with Crippen molar-refractivity contribution >= 4 is 17.5 Å². The summed E-state index contributed by atoms with van der Waals surface area (Å²) < 4.78 is 5.24. The molecule has 4 aliphatic rings. The second-order valence-corrected chi connectivity index (χ2v) is 8.57. The van der Waals surface area contributed by atoms with Gasteiger partial charge >= 0.3 is 0 Å². The van der Waals surface area contributed by atoms with Gasteiger partial charge in [-0.1, -0.05) is 55.5 Å². The van der Waals surface area contributed by atoms with Crippen molar-refractivity contribution in [2.45, 2.75) is 18.3 Å². The van der Waals surface area contributed by atoms with Gasteiger partial charge in [0.1, 0.15) is 5.75 Å². The molecule has 1 fully saturated rings. The maximum absolute atomic E-state index is 13.8. The minimum Gasteiger partial charge on any atom is -0.497 e. The van der Waals surface area contributed by atoms with Gasteiger partial charge in [0, 0.05) is 11.3 Å². The van der Waals surface area contributed by atoms with Crippen LogP contribution in [0.2, 0.25) is 0 Å². The van der Waals surface area contributed by atoms with Gasteiger partial charge in [0.2, 0.25) is 11.8 Å². The van der Waals surface area contributed by atoms with Gasteiger partial charge in [0.15, 0.2) is 0 Å². The third-order valence-electron chi connectivity index (χ3n) is 7.37. The normalized spacial score (nSPS) is 28.2. The number of hydrogen-bond donors (Lipinski definition) is 0. The fraction of sp³-hybridized carbons (Fsp3) is 0.231. The molecule has 0 saturated carbocycles. The van der Waals surface area contributed by atoms with Gasteiger partial charge < -0.3 is 4.74 Å². The lowest BCUT2D eigenvalue weighted by Crippen LogP contribution is -2.51. The first kappa shape index (κ1) is 17.5. The number of carbonyl (C=O) groups excluding carboxylic acids is 2. The number of nitrogens with zero attached hydrogens (tertiary/aromatic N) is 1. The zero-order valence-electron chi connectivity index (χ0n) is 16.8. The van der Waals surface area contributed by atoms with E-state index in [9.17, 15) is 9.59 Å². The van der Waals surface area contributed by atoms with Gasteiger partial charge in [-0.05, 0) is 46.5 Å². The lowest BCUT2D eigenvalue weighted by Gasteiger charge is -2.52. The summed E-state index contributed by atoms with van der Waals surface area (Å²) in [5.41, 5.74) is 4.78. The van der Waals surface area contributed by atoms with Crippen LogP contribution in [-0.4, -0.2) is 18.9 Å². The largest absolute Gasteiger partial charge is 0.497 e. The summed E-state index contributed by atoms with van der Waals surface area (Å²) in [4.78, 5) is 28.9. The molecule has 148 valence electrons. The van der Waals surface area contributed by atoms with E-state index < -0.39 is 11.3 Å². The van der Waals surface area contributed by atoms with Crippen molar-refractivity contribution < 1.29 is 14.3 Å². The van der Waals surface area contributed by atoms with Gasteiger partial charge in [-0.3, -0.25) is 9.59 Å². The second-order valence-electron chi connectivity index (χ2n) is 8.57. The van der Waals surface area contributed by atoms with E-state index in [0.29, 0.717) is 11.4 Å². The van der Waals surface area contributed by atoms with Crippen LogP contribution in [0.4, 0.5) is 5.69 Å². The highest BCUT2D eigenvalue weighted by molar-refractivity contribution is 6.23. The summed E-state index contributed by atoms with van der Waals surface area (Å²) in [6.45, 7) is 2.14. The topological polar surface area (TPSA) is 46.6 Å². The zero-order chi connectivity index (χ0) is 20.6. The van der Waals surface area contributed by atoms with E-state index in [4.69, 9.17) is 4.74 Å². The van der Waals surface area contributed by atoms with Crippen molar-refractivity contribution in [3.8, 4) is 5.75 Å². The molecule has 1 saturated heterocycles. The van der Waals surface area contributed by atoms with Crippen LogP contribution in [0.3, 0.4) is 0 Å². The number of benzene rings is 3. The van der Waals surface area contributed by atoms with Crippen LogP contribution >= 0.6 is 0 Å². The summed E-state index contributed by atoms with van der Waals surface area (Å²) in [7, 11) is 1.60. The van der Waals surface area contributed by atoms with E-state index in [0.717, 1.165) is 0 Å². The number of amides is 2. The molecule has 0 aromatic heterocycles. The molecule has 2 bridgehead atoms. The Labute approximate surface area is 175 Å². The number of imide groups is 1. The molecule has 7 rings (SSSR count). The Hall–Kier alpha value is -3.40. The third kappa shape index (κ3) is 1.91. The van der Waals surface area contributed by atoms with E-state index >= 15 is 0 Å². The third-order valence-corrected chi connectivity index (χ3v) is 7.37. The molecule has 30 heavy (non-hydrogen) atoms. The van der Waals surface area contributed by atoms with E-state index in [1.807, 2.05) is 24.3 Å². The summed E-state index contributed by atoms with van der Waals surface area (Å²) in [5.74, 6) is -0.385. The highest BCUT2D eigenvalue weighted by Gasteiger charge is 2.66. The molecule has 3 aromatic carbocycles. The Morgan fingerprint density at radius 1 is 0.800 bits per heavy atom. The SMILES string of the molecule is COc1ccc(N2C(=O)[C@@H]3[C@@H](C2=O)C2c4ccccc4C3(C)c3ccccc32)cc1. The molecule has 0 unspecified atom stereocenters. The fourth-order valence-electron chi connectivity index (χ4n) is 6.14. The van der Waals surface area contributed by atoms with Crippen molar-refractivity contribution in [1.82, 2.24) is 0 Å². The molecule has 3 aliphatic carbocycles. The van der Waals surface area contributed by atoms with Gasteiger partial charge in [-0.15, -0.1) is 0 Å². The molecule has 2 atom stereocenters. The predicted octanol–water partition coefficient (Wildman–Crippen LogP) is 4.27. The highest BCUT2D eigenvalue weighted by atomic mass is 16.5. The highest BCUT2D eigenvalue weighted by Crippen LogP contribution is 2.64. The number of methoxy groups -OCH3 is 1. The van der Waals surface area contributed by atoms with E-state index in [1.54, 1.807) is 31.4 Å². The molecule has 0 N–H and O–H groups in total. The number of ether oxygens (including phenoxy) is 1. The van der Waals surface area contributed by atoms with Crippen molar-refractivity contribution in [3.63, 3.8) is 0 Å². The standard InChI is InChI=1S/C26H21NO3/c1-26-19-9-5-3-7-17(19)21(18-8-4-6-10-20(18)26)22-23(26)25(29)27(24(22)28)15-11-13-16(30-2)14-12-15/h3-14,21-23H,1-2H3/t21?,22-,23-,26?/m0/s1. The van der Waals surface area contributed by atoms with Crippen molar-refractivity contribution in [2.24, 2.45) is 11.8 Å². The lowest BCUT2D eigenvalue weighted by molar-refractivity contribution is -0.123. The molecule has 2 amide bonds. The molecule has 4 heteroatoms. The summed E-state index contributed by atoms with van der Waals surface area (Å²) >= 11 is 0. The smallest absolute Gasteiger partial charge is 0.238 e. The Bertz CT molecular complexity index is 1170. The van der Waals surface area contributed by atoms with Gasteiger partial charge in [-0.2, -0.15) is 0 Å². The van der Waals surface area contributed by atoms with Crippen LogP contribution in [0.5, 0.6) is 5.75 Å². The second kappa shape index (κ2) is 5.82. The lowest BCUT2D eigenvalue weighted by atomic mass is 9.48. The number of rotatable bonds is 2. The first-order chi connectivity index (χ1) is 14.6. The van der Waals surface area contributed by atoms with E-state index in [-0.39, 0.29) is 23.7 Å². The van der Waals surface area contributed by atoms with Gasteiger partial charge in [0.25, 0.3) is 0 Å². The van der Waals surface area contributed by atoms with E-state index in [2.05, 4.69) is 31.2 Å². The first-order valence-corrected chi connectivity index (χ1v) is 10.3. The minimum atomic E-state index is -0.527. The number of carbonyl (C=O) groups is 2. The van der Waals surface area contributed by atoms with Crippen LogP contribution in [0, 0.1) is 11.8 Å². The maximum Gasteiger partial charge on any atom is 0.238 e. The summed E-state index contributed by atoms with van der Waals surface area (Å²) in [6, 6.07) is 23.8. The van der Waals surface area contributed by atoms with Crippen molar-refractivity contribution in [3.05, 3.63) is 95.1 Å². The van der Waals surface area contributed by atoms with E-state index in [1.165, 1.54) is 27.2 Å². The van der Waals surface area contributed by atoms with Crippen LogP contribution in [0.25, 0.3) is 0 Å². The molecule has 0 spiro atoms. The summed E-state index contributed by atoms with van der Waals surface area (Å²) in [6.07, 6.45) is 0. The Morgan fingerprint density at radius 3 is 1.93 bits per heavy atom. The molecular formula is C26H21NO3. The molecular weight excluding hydrogens is 374 g/mol. The fourth-order valence-corrected chi connectivity index (χ4v) is 6.14. The first-order valence-electron chi connectivity index (χ1n) is 10.3.